The van der Waals surface area contributed by atoms with Gasteiger partial charge in [-0.25, -0.2) is 14.4 Å². The van der Waals surface area contributed by atoms with Crippen molar-refractivity contribution in [2.24, 2.45) is 0 Å². The van der Waals surface area contributed by atoms with Crippen LogP contribution in [0.3, 0.4) is 0 Å². The quantitative estimate of drug-likeness (QED) is 0.664. The predicted molar refractivity (Wildman–Crippen MR) is 89.0 cm³/mol. The molecule has 0 amide bonds. The van der Waals surface area contributed by atoms with Gasteiger partial charge in [0.1, 0.15) is 29.7 Å². The van der Waals surface area contributed by atoms with Crippen molar-refractivity contribution in [2.45, 2.75) is 24.9 Å². The van der Waals surface area contributed by atoms with Crippen molar-refractivity contribution in [3.8, 4) is 11.1 Å². The van der Waals surface area contributed by atoms with Gasteiger partial charge >= 0.3 is 0 Å². The molecule has 1 unspecified atom stereocenters. The largest absolute Gasteiger partial charge is 0.394 e. The maximum atomic E-state index is 13.2. The van der Waals surface area contributed by atoms with Crippen LogP contribution in [0, 0.1) is 5.82 Å². The highest BCUT2D eigenvalue weighted by molar-refractivity contribution is 6.00. The van der Waals surface area contributed by atoms with Crippen LogP contribution >= 0.6 is 0 Å². The second-order valence-electron chi connectivity index (χ2n) is 6.05. The minimum Gasteiger partial charge on any atom is -0.394 e. The lowest BCUT2D eigenvalue weighted by Gasteiger charge is -2.17. The first-order chi connectivity index (χ1) is 12.1. The van der Waals surface area contributed by atoms with Crippen LogP contribution in [0.15, 0.2) is 36.8 Å². The Morgan fingerprint density at radius 1 is 1.28 bits per heavy atom. The van der Waals surface area contributed by atoms with Crippen molar-refractivity contribution in [3.63, 3.8) is 0 Å². The Hall–Kier alpha value is -2.55. The molecule has 3 atom stereocenters. The first-order valence-electron chi connectivity index (χ1n) is 7.90. The third-order valence-electron chi connectivity index (χ3n) is 4.44. The summed E-state index contributed by atoms with van der Waals surface area (Å²) in [6.45, 7) is -0.172. The van der Waals surface area contributed by atoms with Gasteiger partial charge in [0.05, 0.1) is 18.1 Å². The number of benzene rings is 1. The fourth-order valence-electron chi connectivity index (χ4n) is 3.25. The van der Waals surface area contributed by atoms with Gasteiger partial charge in [0.2, 0.25) is 0 Å². The van der Waals surface area contributed by atoms with Crippen molar-refractivity contribution in [1.82, 2.24) is 14.5 Å². The molecule has 7 nitrogen and oxygen atoms in total. The van der Waals surface area contributed by atoms with Crippen LogP contribution in [0.5, 0.6) is 0 Å². The lowest BCUT2D eigenvalue weighted by atomic mass is 10.1. The summed E-state index contributed by atoms with van der Waals surface area (Å²) in [5.41, 5.74) is 8.02. The first-order valence-corrected chi connectivity index (χ1v) is 7.90. The van der Waals surface area contributed by atoms with Gasteiger partial charge in [-0.2, -0.15) is 0 Å². The highest BCUT2D eigenvalue weighted by Gasteiger charge is 2.36. The number of nitrogens with two attached hydrogens (primary N) is 1. The van der Waals surface area contributed by atoms with Gasteiger partial charge in [0.25, 0.3) is 0 Å². The SMILES string of the molecule is Nc1ncnc2c1c(-c1ccc(F)cc1)cn2C1O[C@H](CO)C[C@H]1O. The van der Waals surface area contributed by atoms with E-state index in [-0.39, 0.29) is 18.2 Å². The average Bonchev–Trinajstić information content (AvgIpc) is 3.17. The molecular formula is C17H17FN4O3. The number of aromatic nitrogens is 3. The number of hydrogen-bond donors (Lipinski definition) is 3. The molecule has 0 radical (unpaired) electrons. The Morgan fingerprint density at radius 3 is 2.72 bits per heavy atom. The minimum absolute atomic E-state index is 0.172. The highest BCUT2D eigenvalue weighted by Crippen LogP contribution is 2.38. The van der Waals surface area contributed by atoms with E-state index >= 15 is 0 Å². The van der Waals surface area contributed by atoms with Crippen LogP contribution < -0.4 is 5.73 Å². The number of nitrogens with zero attached hydrogens (tertiary/aromatic N) is 3. The van der Waals surface area contributed by atoms with Crippen LogP contribution in [0.2, 0.25) is 0 Å². The molecule has 0 spiro atoms. The molecule has 1 saturated heterocycles. The fourth-order valence-corrected chi connectivity index (χ4v) is 3.25. The number of rotatable bonds is 3. The first kappa shape index (κ1) is 15.9. The molecule has 1 aliphatic rings. The van der Waals surface area contributed by atoms with E-state index in [2.05, 4.69) is 9.97 Å². The summed E-state index contributed by atoms with van der Waals surface area (Å²) in [5.74, 6) is -0.0497. The van der Waals surface area contributed by atoms with Crippen molar-refractivity contribution in [1.29, 1.82) is 0 Å². The summed E-state index contributed by atoms with van der Waals surface area (Å²) in [5, 5.41) is 20.2. The van der Waals surface area contributed by atoms with Gasteiger partial charge < -0.3 is 25.3 Å². The Bertz CT molecular complexity index is 912. The highest BCUT2D eigenvalue weighted by atomic mass is 19.1. The number of ether oxygens (including phenoxy) is 1. The molecule has 0 bridgehead atoms. The zero-order chi connectivity index (χ0) is 17.6. The third kappa shape index (κ3) is 2.64. The topological polar surface area (TPSA) is 106 Å². The van der Waals surface area contributed by atoms with Crippen LogP contribution in [0.25, 0.3) is 22.2 Å². The molecule has 1 aliphatic heterocycles. The van der Waals surface area contributed by atoms with Crippen LogP contribution in [0.1, 0.15) is 12.6 Å². The summed E-state index contributed by atoms with van der Waals surface area (Å²) in [6.07, 6.45) is 1.51. The maximum Gasteiger partial charge on any atom is 0.161 e. The molecule has 0 aliphatic carbocycles. The molecule has 1 aromatic carbocycles. The predicted octanol–water partition coefficient (Wildman–Crippen LogP) is 1.46. The van der Waals surface area contributed by atoms with Gasteiger partial charge in [-0.3, -0.25) is 0 Å². The zero-order valence-electron chi connectivity index (χ0n) is 13.2. The third-order valence-corrected chi connectivity index (χ3v) is 4.44. The van der Waals surface area contributed by atoms with Crippen LogP contribution in [0.4, 0.5) is 10.2 Å². The Balaban J connectivity index is 1.89. The molecule has 3 heterocycles. The summed E-state index contributed by atoms with van der Waals surface area (Å²) in [4.78, 5) is 8.32. The smallest absolute Gasteiger partial charge is 0.161 e. The normalized spacial score (nSPS) is 23.4. The number of aliphatic hydroxyl groups is 2. The summed E-state index contributed by atoms with van der Waals surface area (Å²) >= 11 is 0. The number of hydrogen-bond acceptors (Lipinski definition) is 6. The van der Waals surface area contributed by atoms with Gasteiger partial charge in [-0.1, -0.05) is 12.1 Å². The minimum atomic E-state index is -0.787. The maximum absolute atomic E-state index is 13.2. The van der Waals surface area contributed by atoms with Gasteiger partial charge in [0, 0.05) is 18.2 Å². The Morgan fingerprint density at radius 2 is 2.04 bits per heavy atom. The Labute approximate surface area is 142 Å². The van der Waals surface area contributed by atoms with E-state index in [0.717, 1.165) is 11.1 Å². The van der Waals surface area contributed by atoms with Crippen LogP contribution in [-0.2, 0) is 4.74 Å². The fraction of sp³-hybridized carbons (Fsp3) is 0.294. The monoisotopic (exact) mass is 344 g/mol. The standard InChI is InChI=1S/C17H17FN4O3/c18-10-3-1-9(2-4-10)12-6-22(16-14(12)15(19)20-8-21-16)17-13(24)5-11(7-23)25-17/h1-4,6,8,11,13,17,23-24H,5,7H2,(H2,19,20,21)/t11-,13+,17?/m0/s1. The molecule has 1 fully saturated rings. The van der Waals surface area contributed by atoms with Crippen molar-refractivity contribution >= 4 is 16.9 Å². The van der Waals surface area contributed by atoms with Crippen LogP contribution in [-0.4, -0.2) is 43.6 Å². The van der Waals surface area contributed by atoms with E-state index in [4.69, 9.17) is 10.5 Å². The number of anilines is 1. The second kappa shape index (κ2) is 6.07. The zero-order valence-corrected chi connectivity index (χ0v) is 13.2. The number of halogens is 1. The molecule has 4 N–H and O–H groups in total. The molecular weight excluding hydrogens is 327 g/mol. The van der Waals surface area contributed by atoms with Gasteiger partial charge in [-0.15, -0.1) is 0 Å². The lowest BCUT2D eigenvalue weighted by molar-refractivity contribution is -0.0483. The lowest BCUT2D eigenvalue weighted by Crippen LogP contribution is -2.19. The molecule has 3 aromatic rings. The van der Waals surface area contributed by atoms with E-state index in [9.17, 15) is 14.6 Å². The van der Waals surface area contributed by atoms with E-state index < -0.39 is 18.4 Å². The van der Waals surface area contributed by atoms with Gasteiger partial charge in [-0.05, 0) is 17.7 Å². The summed E-state index contributed by atoms with van der Waals surface area (Å²) in [6, 6.07) is 6.01. The van der Waals surface area contributed by atoms with Crippen molar-refractivity contribution < 1.29 is 19.3 Å². The van der Waals surface area contributed by atoms with Gasteiger partial charge in [0.15, 0.2) is 6.23 Å². The molecule has 0 saturated carbocycles. The van der Waals surface area contributed by atoms with Crippen molar-refractivity contribution in [3.05, 3.63) is 42.6 Å². The number of nitrogen functional groups attached to an aromatic ring is 1. The van der Waals surface area contributed by atoms with Crippen molar-refractivity contribution in [2.75, 3.05) is 12.3 Å². The molecule has 8 heteroatoms. The average molecular weight is 344 g/mol. The van der Waals surface area contributed by atoms with E-state index in [0.29, 0.717) is 17.5 Å². The Kier molecular flexibility index (Phi) is 3.87. The number of fused-ring (bicyclic) bond motifs is 1. The molecule has 2 aromatic heterocycles. The molecule has 25 heavy (non-hydrogen) atoms. The molecule has 130 valence electrons. The molecule has 4 rings (SSSR count). The van der Waals surface area contributed by atoms with E-state index in [1.807, 2.05) is 0 Å². The second-order valence-corrected chi connectivity index (χ2v) is 6.05. The summed E-state index contributed by atoms with van der Waals surface area (Å²) in [7, 11) is 0. The summed E-state index contributed by atoms with van der Waals surface area (Å²) < 4.78 is 20.7. The number of aliphatic hydroxyl groups excluding tert-OH is 2. The van der Waals surface area contributed by atoms with E-state index in [1.54, 1.807) is 22.9 Å². The van der Waals surface area contributed by atoms with E-state index in [1.165, 1.54) is 18.5 Å².